The van der Waals surface area contributed by atoms with E-state index in [0.717, 1.165) is 38.5 Å². The van der Waals surface area contributed by atoms with Crippen molar-refractivity contribution >= 4 is 11.9 Å². The molecular formula is C77H149NO5. The van der Waals surface area contributed by atoms with Gasteiger partial charge in [0, 0.05) is 12.8 Å². The van der Waals surface area contributed by atoms with Crippen LogP contribution in [0.15, 0.2) is 24.3 Å². The van der Waals surface area contributed by atoms with Crippen LogP contribution >= 0.6 is 0 Å². The van der Waals surface area contributed by atoms with Gasteiger partial charge in [0.25, 0.3) is 0 Å². The third-order valence-electron chi connectivity index (χ3n) is 18.0. The van der Waals surface area contributed by atoms with E-state index in [2.05, 4.69) is 43.5 Å². The van der Waals surface area contributed by atoms with Crippen LogP contribution in [0.25, 0.3) is 0 Å². The molecule has 492 valence electrons. The van der Waals surface area contributed by atoms with Gasteiger partial charge in [-0.15, -0.1) is 0 Å². The Morgan fingerprint density at radius 1 is 0.325 bits per heavy atom. The van der Waals surface area contributed by atoms with Gasteiger partial charge in [0.1, 0.15) is 0 Å². The van der Waals surface area contributed by atoms with Gasteiger partial charge in [-0.1, -0.05) is 366 Å². The van der Waals surface area contributed by atoms with Crippen LogP contribution in [0.5, 0.6) is 0 Å². The minimum atomic E-state index is -0.666. The molecule has 3 N–H and O–H groups in total. The second-order valence-corrected chi connectivity index (χ2v) is 26.3. The molecule has 6 heteroatoms. The quantitative estimate of drug-likeness (QED) is 0.0320. The molecule has 83 heavy (non-hydrogen) atoms. The van der Waals surface area contributed by atoms with E-state index in [0.29, 0.717) is 25.9 Å². The average molecular weight is 1170 g/mol. The summed E-state index contributed by atoms with van der Waals surface area (Å²) in [5, 5.41) is 23.4. The van der Waals surface area contributed by atoms with Crippen molar-refractivity contribution in [2.75, 3.05) is 13.2 Å². The zero-order valence-corrected chi connectivity index (χ0v) is 56.5. The minimum Gasteiger partial charge on any atom is -0.466 e. The Morgan fingerprint density at radius 3 is 0.855 bits per heavy atom. The summed E-state index contributed by atoms with van der Waals surface area (Å²) in [4.78, 5) is 24.7. The number of aliphatic hydroxyl groups excluding tert-OH is 2. The number of hydrogen-bond donors (Lipinski definition) is 3. The van der Waals surface area contributed by atoms with Crippen LogP contribution < -0.4 is 5.32 Å². The fourth-order valence-corrected chi connectivity index (χ4v) is 12.2. The average Bonchev–Trinajstić information content (AvgIpc) is 3.49. The molecule has 0 saturated carbocycles. The van der Waals surface area contributed by atoms with Gasteiger partial charge in [0.05, 0.1) is 25.4 Å². The SMILES string of the molecule is CCCCCCCC/C=C\CCCCCCCCCCCC(=O)OCCCCCCCCCCCCCC/C=C\CCCCCCCCCCCCCC(=O)NC(CO)C(O)CCCCCCCCCCCCCCCCCCCCCC. The number of aliphatic hydroxyl groups is 2. The van der Waals surface area contributed by atoms with E-state index in [-0.39, 0.29) is 18.5 Å². The van der Waals surface area contributed by atoms with Crippen molar-refractivity contribution in [3.8, 4) is 0 Å². The number of unbranched alkanes of at least 4 members (excludes halogenated alkanes) is 57. The summed E-state index contributed by atoms with van der Waals surface area (Å²) >= 11 is 0. The van der Waals surface area contributed by atoms with Crippen LogP contribution in [0.3, 0.4) is 0 Å². The van der Waals surface area contributed by atoms with Crippen molar-refractivity contribution in [1.82, 2.24) is 5.32 Å². The third-order valence-corrected chi connectivity index (χ3v) is 18.0. The maximum absolute atomic E-state index is 12.6. The standard InChI is InChI=1S/C77H149NO5/c1-3-5-7-9-11-13-15-17-19-21-23-34-37-41-45-49-53-57-61-65-69-75(80)74(73-79)78-76(81)70-66-62-58-54-50-46-42-38-35-31-29-27-25-24-26-28-30-32-36-40-44-48-52-56-60-64-68-72-83-77(82)71-67-63-59-55-51-47-43-39-33-22-20-18-16-14-12-10-8-6-4-2/h18,20,24-25,74-75,79-80H,3-17,19,21-23,26-73H2,1-2H3,(H,78,81)/b20-18-,25-24-. The van der Waals surface area contributed by atoms with Crippen LogP contribution in [-0.2, 0) is 14.3 Å². The highest BCUT2D eigenvalue weighted by Crippen LogP contribution is 2.19. The van der Waals surface area contributed by atoms with E-state index < -0.39 is 12.1 Å². The molecule has 0 saturated heterocycles. The van der Waals surface area contributed by atoms with Gasteiger partial charge in [0.2, 0.25) is 5.91 Å². The summed E-state index contributed by atoms with van der Waals surface area (Å²) in [6.45, 7) is 5.00. The minimum absolute atomic E-state index is 0.0158. The molecule has 1 amide bonds. The molecule has 0 aliphatic heterocycles. The number of carbonyl (C=O) groups excluding carboxylic acids is 2. The van der Waals surface area contributed by atoms with Crippen molar-refractivity contribution < 1.29 is 24.5 Å². The molecule has 0 spiro atoms. The highest BCUT2D eigenvalue weighted by Gasteiger charge is 2.20. The smallest absolute Gasteiger partial charge is 0.305 e. The normalized spacial score (nSPS) is 12.6. The molecule has 0 aromatic rings. The lowest BCUT2D eigenvalue weighted by Crippen LogP contribution is -2.45. The molecule has 0 aromatic heterocycles. The van der Waals surface area contributed by atoms with Gasteiger partial charge in [-0.2, -0.15) is 0 Å². The Morgan fingerprint density at radius 2 is 0.566 bits per heavy atom. The lowest BCUT2D eigenvalue weighted by molar-refractivity contribution is -0.143. The summed E-state index contributed by atoms with van der Waals surface area (Å²) in [5.41, 5.74) is 0. The Hall–Kier alpha value is -1.66. The number of amides is 1. The molecule has 2 atom stereocenters. The first kappa shape index (κ1) is 81.3. The van der Waals surface area contributed by atoms with Gasteiger partial charge in [0.15, 0.2) is 0 Å². The van der Waals surface area contributed by atoms with Crippen LogP contribution in [0.4, 0.5) is 0 Å². The summed E-state index contributed by atoms with van der Waals surface area (Å²) < 4.78 is 5.51. The van der Waals surface area contributed by atoms with Gasteiger partial charge in [-0.05, 0) is 77.0 Å². The second kappa shape index (κ2) is 72.8. The van der Waals surface area contributed by atoms with E-state index in [1.807, 2.05) is 0 Å². The molecular weight excluding hydrogens is 1020 g/mol. The van der Waals surface area contributed by atoms with E-state index in [1.165, 1.54) is 360 Å². The van der Waals surface area contributed by atoms with Crippen LogP contribution in [0.1, 0.15) is 431 Å². The zero-order chi connectivity index (χ0) is 59.9. The fourth-order valence-electron chi connectivity index (χ4n) is 12.2. The largest absolute Gasteiger partial charge is 0.466 e. The molecule has 0 heterocycles. The molecule has 0 aliphatic rings. The third kappa shape index (κ3) is 69.3. The number of allylic oxidation sites excluding steroid dienone is 4. The lowest BCUT2D eigenvalue weighted by Gasteiger charge is -2.22. The summed E-state index contributed by atoms with van der Waals surface area (Å²) in [7, 11) is 0. The Labute approximate surface area is 520 Å². The molecule has 6 nitrogen and oxygen atoms in total. The molecule has 0 radical (unpaired) electrons. The number of esters is 1. The predicted molar refractivity (Wildman–Crippen MR) is 366 cm³/mol. The highest BCUT2D eigenvalue weighted by atomic mass is 16.5. The lowest BCUT2D eigenvalue weighted by atomic mass is 10.0. The molecule has 0 fully saturated rings. The van der Waals surface area contributed by atoms with Crippen LogP contribution in [-0.4, -0.2) is 47.4 Å². The number of hydrogen-bond acceptors (Lipinski definition) is 5. The van der Waals surface area contributed by atoms with Crippen molar-refractivity contribution in [1.29, 1.82) is 0 Å². The van der Waals surface area contributed by atoms with Crippen molar-refractivity contribution in [2.45, 2.75) is 443 Å². The van der Waals surface area contributed by atoms with Crippen molar-refractivity contribution in [3.05, 3.63) is 24.3 Å². The van der Waals surface area contributed by atoms with Crippen molar-refractivity contribution in [2.24, 2.45) is 0 Å². The Kier molecular flexibility index (Phi) is 71.4. The second-order valence-electron chi connectivity index (χ2n) is 26.3. The van der Waals surface area contributed by atoms with Crippen LogP contribution in [0, 0.1) is 0 Å². The first-order valence-electron chi connectivity index (χ1n) is 38.1. The molecule has 2 unspecified atom stereocenters. The summed E-state index contributed by atoms with van der Waals surface area (Å²) in [6, 6.07) is -0.543. The maximum Gasteiger partial charge on any atom is 0.305 e. The highest BCUT2D eigenvalue weighted by molar-refractivity contribution is 5.76. The Bertz CT molecular complexity index is 1300. The summed E-state index contributed by atoms with van der Waals surface area (Å²) in [6.07, 6.45) is 92.5. The fraction of sp³-hybridized carbons (Fsp3) is 0.922. The Balaban J connectivity index is 3.37. The molecule has 0 bridgehead atoms. The van der Waals surface area contributed by atoms with E-state index in [9.17, 15) is 19.8 Å². The van der Waals surface area contributed by atoms with E-state index in [1.54, 1.807) is 0 Å². The van der Waals surface area contributed by atoms with Gasteiger partial charge in [-0.3, -0.25) is 9.59 Å². The number of rotatable bonds is 72. The molecule has 0 aromatic carbocycles. The van der Waals surface area contributed by atoms with Gasteiger partial charge in [-0.25, -0.2) is 0 Å². The first-order valence-corrected chi connectivity index (χ1v) is 38.1. The number of carbonyl (C=O) groups is 2. The molecule has 0 rings (SSSR count). The van der Waals surface area contributed by atoms with Crippen molar-refractivity contribution in [3.63, 3.8) is 0 Å². The van der Waals surface area contributed by atoms with Gasteiger partial charge < -0.3 is 20.3 Å². The maximum atomic E-state index is 12.6. The zero-order valence-electron chi connectivity index (χ0n) is 56.5. The van der Waals surface area contributed by atoms with Crippen LogP contribution in [0.2, 0.25) is 0 Å². The van der Waals surface area contributed by atoms with E-state index >= 15 is 0 Å². The predicted octanol–water partition coefficient (Wildman–Crippen LogP) is 24.9. The van der Waals surface area contributed by atoms with E-state index in [4.69, 9.17) is 4.74 Å². The van der Waals surface area contributed by atoms with Gasteiger partial charge >= 0.3 is 5.97 Å². The monoisotopic (exact) mass is 1170 g/mol. The number of nitrogens with one attached hydrogen (secondary N) is 1. The topological polar surface area (TPSA) is 95.9 Å². The summed E-state index contributed by atoms with van der Waals surface area (Å²) in [5.74, 6) is -0.0154. The molecule has 0 aliphatic carbocycles. The first-order chi connectivity index (χ1) is 41.0. The number of ether oxygens (including phenoxy) is 1.